The van der Waals surface area contributed by atoms with Crippen molar-refractivity contribution in [1.82, 2.24) is 0 Å². The zero-order valence-electron chi connectivity index (χ0n) is 9.93. The molecule has 0 aromatic carbocycles. The molecule has 0 spiro atoms. The van der Waals surface area contributed by atoms with Gasteiger partial charge in [-0.15, -0.1) is 0 Å². The number of rotatable bonds is 4. The molecule has 0 amide bonds. The Hall–Kier alpha value is -0.710. The van der Waals surface area contributed by atoms with Gasteiger partial charge in [0.15, 0.2) is 0 Å². The minimum atomic E-state index is -1.09. The van der Waals surface area contributed by atoms with Gasteiger partial charge in [0.05, 0.1) is 12.0 Å². The number of methoxy groups -OCH3 is 2. The first-order valence-corrected chi connectivity index (χ1v) is 5.64. The van der Waals surface area contributed by atoms with Crippen LogP contribution >= 0.6 is 0 Å². The number of hydrogen-bond donors (Lipinski definition) is 0. The SMILES string of the molecule is CCOC1CC2C=CC1C(=O)C2(OC)OC. The van der Waals surface area contributed by atoms with E-state index in [1.807, 2.05) is 19.1 Å². The van der Waals surface area contributed by atoms with Gasteiger partial charge in [-0.3, -0.25) is 4.79 Å². The molecule has 0 radical (unpaired) electrons. The number of carbonyl (C=O) groups excluding carboxylic acids is 1. The van der Waals surface area contributed by atoms with Crippen LogP contribution in [0.15, 0.2) is 12.2 Å². The standard InChI is InChI=1S/C12H18O4/c1-4-16-10-7-8-5-6-9(10)11(13)12(8,14-2)15-3/h5-6,8-10H,4,7H2,1-3H3. The number of ether oxygens (including phenoxy) is 3. The van der Waals surface area contributed by atoms with Crippen LogP contribution in [0.5, 0.6) is 0 Å². The minimum Gasteiger partial charge on any atom is -0.377 e. The summed E-state index contributed by atoms with van der Waals surface area (Å²) in [6.07, 6.45) is 4.69. The van der Waals surface area contributed by atoms with Gasteiger partial charge in [0, 0.05) is 26.7 Å². The molecule has 0 heterocycles. The topological polar surface area (TPSA) is 44.8 Å². The second-order valence-electron chi connectivity index (χ2n) is 4.19. The maximum Gasteiger partial charge on any atom is 0.235 e. The largest absolute Gasteiger partial charge is 0.377 e. The lowest BCUT2D eigenvalue weighted by molar-refractivity contribution is -0.245. The third-order valence-corrected chi connectivity index (χ3v) is 3.56. The smallest absolute Gasteiger partial charge is 0.235 e. The molecule has 2 bridgehead atoms. The summed E-state index contributed by atoms with van der Waals surface area (Å²) < 4.78 is 16.2. The van der Waals surface area contributed by atoms with E-state index in [1.54, 1.807) is 0 Å². The highest BCUT2D eigenvalue weighted by molar-refractivity contribution is 5.92. The maximum atomic E-state index is 12.3. The van der Waals surface area contributed by atoms with Crippen molar-refractivity contribution in [2.24, 2.45) is 11.8 Å². The fourth-order valence-corrected chi connectivity index (χ4v) is 2.78. The number of ketones is 1. The van der Waals surface area contributed by atoms with Gasteiger partial charge in [-0.25, -0.2) is 0 Å². The third-order valence-electron chi connectivity index (χ3n) is 3.56. The van der Waals surface area contributed by atoms with Crippen LogP contribution in [0, 0.1) is 11.8 Å². The van der Waals surface area contributed by atoms with Crippen molar-refractivity contribution < 1.29 is 19.0 Å². The average molecular weight is 226 g/mol. The van der Waals surface area contributed by atoms with E-state index >= 15 is 0 Å². The van der Waals surface area contributed by atoms with Gasteiger partial charge >= 0.3 is 0 Å². The highest BCUT2D eigenvalue weighted by Gasteiger charge is 2.57. The molecular weight excluding hydrogens is 208 g/mol. The zero-order chi connectivity index (χ0) is 11.8. The summed E-state index contributed by atoms with van der Waals surface area (Å²) in [6.45, 7) is 2.57. The van der Waals surface area contributed by atoms with Gasteiger partial charge in [0.2, 0.25) is 11.6 Å². The van der Waals surface area contributed by atoms with Crippen molar-refractivity contribution in [3.63, 3.8) is 0 Å². The molecule has 0 aliphatic heterocycles. The van der Waals surface area contributed by atoms with Crippen molar-refractivity contribution in [1.29, 1.82) is 0 Å². The fraction of sp³-hybridized carbons (Fsp3) is 0.750. The van der Waals surface area contributed by atoms with Crippen molar-refractivity contribution in [3.8, 4) is 0 Å². The van der Waals surface area contributed by atoms with Crippen LogP contribution < -0.4 is 0 Å². The molecule has 90 valence electrons. The van der Waals surface area contributed by atoms with Gasteiger partial charge in [0.25, 0.3) is 0 Å². The summed E-state index contributed by atoms with van der Waals surface area (Å²) in [6, 6.07) is 0. The van der Waals surface area contributed by atoms with Crippen LogP contribution in [0.1, 0.15) is 13.3 Å². The van der Waals surface area contributed by atoms with Crippen LogP contribution in [0.4, 0.5) is 0 Å². The Morgan fingerprint density at radius 1 is 1.38 bits per heavy atom. The van der Waals surface area contributed by atoms with E-state index in [4.69, 9.17) is 14.2 Å². The fourth-order valence-electron chi connectivity index (χ4n) is 2.78. The summed E-state index contributed by atoms with van der Waals surface area (Å²) in [5.41, 5.74) is 0. The lowest BCUT2D eigenvalue weighted by Crippen LogP contribution is -2.60. The molecule has 1 saturated carbocycles. The first-order chi connectivity index (χ1) is 7.69. The van der Waals surface area contributed by atoms with E-state index in [-0.39, 0.29) is 23.7 Å². The van der Waals surface area contributed by atoms with Crippen molar-refractivity contribution in [3.05, 3.63) is 12.2 Å². The molecule has 3 unspecified atom stereocenters. The summed E-state index contributed by atoms with van der Waals surface area (Å²) in [7, 11) is 3.04. The van der Waals surface area contributed by atoms with E-state index < -0.39 is 5.79 Å². The molecule has 0 saturated heterocycles. The minimum absolute atomic E-state index is 0.0188. The van der Waals surface area contributed by atoms with Gasteiger partial charge in [0.1, 0.15) is 0 Å². The van der Waals surface area contributed by atoms with Gasteiger partial charge in [-0.05, 0) is 13.3 Å². The van der Waals surface area contributed by atoms with Crippen molar-refractivity contribution in [2.45, 2.75) is 25.2 Å². The lowest BCUT2D eigenvalue weighted by atomic mass is 9.69. The Balaban J connectivity index is 2.28. The molecule has 3 aliphatic carbocycles. The van der Waals surface area contributed by atoms with E-state index in [9.17, 15) is 4.79 Å². The van der Waals surface area contributed by atoms with Crippen LogP contribution in [0.3, 0.4) is 0 Å². The Labute approximate surface area is 95.6 Å². The van der Waals surface area contributed by atoms with Crippen molar-refractivity contribution in [2.75, 3.05) is 20.8 Å². The Kier molecular flexibility index (Phi) is 3.15. The molecular formula is C12H18O4. The van der Waals surface area contributed by atoms with E-state index in [0.29, 0.717) is 6.61 Å². The predicted molar refractivity (Wildman–Crippen MR) is 57.9 cm³/mol. The van der Waals surface area contributed by atoms with Gasteiger partial charge in [-0.1, -0.05) is 12.2 Å². The average Bonchev–Trinajstić information content (AvgIpc) is 2.31. The summed E-state index contributed by atoms with van der Waals surface area (Å²) in [5, 5.41) is 0. The highest BCUT2D eigenvalue weighted by atomic mass is 16.7. The first-order valence-electron chi connectivity index (χ1n) is 5.64. The molecule has 3 aliphatic rings. The van der Waals surface area contributed by atoms with Crippen LogP contribution in [0.2, 0.25) is 0 Å². The van der Waals surface area contributed by atoms with E-state index in [1.165, 1.54) is 14.2 Å². The molecule has 1 fully saturated rings. The lowest BCUT2D eigenvalue weighted by Gasteiger charge is -2.47. The van der Waals surface area contributed by atoms with Crippen LogP contribution in [-0.2, 0) is 19.0 Å². The third kappa shape index (κ3) is 1.44. The molecule has 0 N–H and O–H groups in total. The Morgan fingerprint density at radius 3 is 2.56 bits per heavy atom. The quantitative estimate of drug-likeness (QED) is 0.533. The second-order valence-corrected chi connectivity index (χ2v) is 4.19. The van der Waals surface area contributed by atoms with E-state index in [2.05, 4.69) is 0 Å². The first kappa shape index (κ1) is 11.8. The summed E-state index contributed by atoms with van der Waals surface area (Å²) in [5.74, 6) is -1.39. The molecule has 0 aromatic rings. The molecule has 3 atom stereocenters. The normalized spacial score (nSPS) is 35.7. The molecule has 3 rings (SSSR count). The molecule has 16 heavy (non-hydrogen) atoms. The number of hydrogen-bond acceptors (Lipinski definition) is 4. The highest BCUT2D eigenvalue weighted by Crippen LogP contribution is 2.44. The Bertz CT molecular complexity index is 306. The monoisotopic (exact) mass is 226 g/mol. The maximum absolute atomic E-state index is 12.3. The van der Waals surface area contributed by atoms with Crippen LogP contribution in [0.25, 0.3) is 0 Å². The second kappa shape index (κ2) is 4.28. The molecule has 4 nitrogen and oxygen atoms in total. The van der Waals surface area contributed by atoms with Gasteiger partial charge < -0.3 is 14.2 Å². The summed E-state index contributed by atoms with van der Waals surface area (Å²) >= 11 is 0. The Morgan fingerprint density at radius 2 is 2.06 bits per heavy atom. The van der Waals surface area contributed by atoms with Crippen molar-refractivity contribution >= 4 is 5.78 Å². The predicted octanol–water partition coefficient (Wildman–Crippen LogP) is 1.16. The van der Waals surface area contributed by atoms with Gasteiger partial charge in [-0.2, -0.15) is 0 Å². The van der Waals surface area contributed by atoms with E-state index in [0.717, 1.165) is 6.42 Å². The summed E-state index contributed by atoms with van der Waals surface area (Å²) in [4.78, 5) is 12.3. The zero-order valence-corrected chi connectivity index (χ0v) is 9.93. The molecule has 4 heteroatoms. The molecule has 0 aromatic heterocycles. The number of carbonyl (C=O) groups is 1. The van der Waals surface area contributed by atoms with Crippen LogP contribution in [-0.4, -0.2) is 38.5 Å². The number of fused-ring (bicyclic) bond motifs is 2. The number of Topliss-reactive ketones (excluding diaryl/α,β-unsaturated/α-hetero) is 1.